The smallest absolute Gasteiger partial charge is 0.265 e. The molecule has 1 fully saturated rings. The molecule has 0 atom stereocenters. The van der Waals surface area contributed by atoms with Crippen molar-refractivity contribution in [2.75, 3.05) is 12.1 Å². The van der Waals surface area contributed by atoms with Crippen LogP contribution in [0.15, 0.2) is 16.4 Å². The highest BCUT2D eigenvalue weighted by molar-refractivity contribution is 9.11. The molecule has 149 valence electrons. The summed E-state index contributed by atoms with van der Waals surface area (Å²) in [4.78, 5) is 6.36. The fraction of sp³-hybridized carbons (Fsp3) is 0.500. The summed E-state index contributed by atoms with van der Waals surface area (Å²) in [5.74, 6) is -7.63. The summed E-state index contributed by atoms with van der Waals surface area (Å²) in [5, 5.41) is 1.65. The van der Waals surface area contributed by atoms with Gasteiger partial charge in [0.15, 0.2) is 5.70 Å². The first-order valence-corrected chi connectivity index (χ1v) is 8.21. The maximum Gasteiger partial charge on any atom is 0.461 e. The molecule has 2 aliphatic rings. The molecule has 0 saturated heterocycles. The van der Waals surface area contributed by atoms with E-state index in [1.54, 1.807) is 0 Å². The number of rotatable bonds is 3. The summed E-state index contributed by atoms with van der Waals surface area (Å²) in [6.45, 7) is 1.08. The van der Waals surface area contributed by atoms with Crippen LogP contribution in [0, 0.1) is 6.54 Å². The molecular formula is C14H10BrF8N4. The number of alkyl halides is 8. The number of allylic oxidation sites excluding steroid dienone is 1. The van der Waals surface area contributed by atoms with E-state index in [1.807, 2.05) is 0 Å². The highest BCUT2D eigenvalue weighted by atomic mass is 79.9. The lowest BCUT2D eigenvalue weighted by Gasteiger charge is -2.31. The Morgan fingerprint density at radius 3 is 2.15 bits per heavy atom. The molecule has 0 unspecified atom stereocenters. The standard InChI is InChI=1S/C14H10BrF8N4/c1-26-5-7(15)10(13(18,19)20)27(26)8-4-24-11(12(16,17)14(21,22)23)25-9(8)6-2-3-6/h4-6H,2-3H2,1H3. The quantitative estimate of drug-likeness (QED) is 0.587. The Hall–Kier alpha value is -1.50. The summed E-state index contributed by atoms with van der Waals surface area (Å²) in [6, 6.07) is 0. The van der Waals surface area contributed by atoms with Crippen LogP contribution in [0.5, 0.6) is 0 Å². The summed E-state index contributed by atoms with van der Waals surface area (Å²) in [6.07, 6.45) is -9.36. The number of aromatic nitrogens is 2. The lowest BCUT2D eigenvalue weighted by molar-refractivity contribution is -0.292. The maximum atomic E-state index is 13.6. The fourth-order valence-electron chi connectivity index (χ4n) is 2.57. The summed E-state index contributed by atoms with van der Waals surface area (Å²) < 4.78 is 105. The van der Waals surface area contributed by atoms with Crippen LogP contribution in [0.25, 0.3) is 0 Å². The second-order valence-corrected chi connectivity index (χ2v) is 6.87. The van der Waals surface area contributed by atoms with Gasteiger partial charge < -0.3 is 0 Å². The highest BCUT2D eigenvalue weighted by Gasteiger charge is 2.61. The van der Waals surface area contributed by atoms with Crippen molar-refractivity contribution in [3.05, 3.63) is 34.4 Å². The van der Waals surface area contributed by atoms with Crippen molar-refractivity contribution < 1.29 is 35.1 Å². The predicted octanol–water partition coefficient (Wildman–Crippen LogP) is 5.01. The zero-order valence-corrected chi connectivity index (χ0v) is 14.9. The topological polar surface area (TPSA) is 32.3 Å². The largest absolute Gasteiger partial charge is 0.461 e. The van der Waals surface area contributed by atoms with Gasteiger partial charge in [0.2, 0.25) is 5.82 Å². The molecule has 1 aliphatic carbocycles. The second-order valence-electron chi connectivity index (χ2n) is 6.02. The molecule has 0 amide bonds. The van der Waals surface area contributed by atoms with Crippen molar-refractivity contribution in [2.24, 2.45) is 0 Å². The fourth-order valence-corrected chi connectivity index (χ4v) is 3.26. The molecule has 1 aromatic rings. The van der Waals surface area contributed by atoms with E-state index in [1.165, 1.54) is 7.05 Å². The van der Waals surface area contributed by atoms with Crippen LogP contribution in [0.3, 0.4) is 0 Å². The van der Waals surface area contributed by atoms with E-state index in [0.717, 1.165) is 11.6 Å². The molecule has 0 bridgehead atoms. The minimum atomic E-state index is -5.92. The number of hydrogen-bond donors (Lipinski definition) is 0. The van der Waals surface area contributed by atoms with E-state index < -0.39 is 35.7 Å². The van der Waals surface area contributed by atoms with Crippen LogP contribution in [0.4, 0.5) is 40.8 Å². The van der Waals surface area contributed by atoms with Crippen LogP contribution in [0.2, 0.25) is 0 Å². The van der Waals surface area contributed by atoms with E-state index in [4.69, 9.17) is 0 Å². The van der Waals surface area contributed by atoms with Gasteiger partial charge in [0.05, 0.1) is 24.1 Å². The summed E-state index contributed by atoms with van der Waals surface area (Å²) >= 11 is 2.78. The van der Waals surface area contributed by atoms with E-state index >= 15 is 0 Å². The van der Waals surface area contributed by atoms with E-state index in [0.29, 0.717) is 24.0 Å². The summed E-state index contributed by atoms with van der Waals surface area (Å²) in [7, 11) is 1.26. The maximum absolute atomic E-state index is 13.6. The van der Waals surface area contributed by atoms with Gasteiger partial charge in [-0.25, -0.2) is 15.0 Å². The van der Waals surface area contributed by atoms with Gasteiger partial charge in [-0.2, -0.15) is 35.1 Å². The molecular weight excluding hydrogens is 456 g/mol. The Balaban J connectivity index is 2.12. The monoisotopic (exact) mass is 465 g/mol. The molecule has 0 spiro atoms. The Bertz CT molecular complexity index is 784. The van der Waals surface area contributed by atoms with E-state index in [9.17, 15) is 35.1 Å². The van der Waals surface area contributed by atoms with Crippen molar-refractivity contribution in [3.8, 4) is 0 Å². The highest BCUT2D eigenvalue weighted by Crippen LogP contribution is 2.50. The van der Waals surface area contributed by atoms with Gasteiger partial charge in [-0.1, -0.05) is 15.9 Å². The second kappa shape index (κ2) is 6.26. The van der Waals surface area contributed by atoms with Crippen LogP contribution in [-0.4, -0.2) is 34.4 Å². The minimum Gasteiger partial charge on any atom is -0.265 e. The number of nitrogens with zero attached hydrogens (tertiary/aromatic N) is 4. The molecule has 1 saturated carbocycles. The minimum absolute atomic E-state index is 0.284. The molecule has 1 aliphatic heterocycles. The van der Waals surface area contributed by atoms with Crippen LogP contribution in [0.1, 0.15) is 30.3 Å². The molecule has 0 N–H and O–H groups in total. The van der Waals surface area contributed by atoms with Gasteiger partial charge in [-0.15, -0.1) is 0 Å². The van der Waals surface area contributed by atoms with E-state index in [-0.39, 0.29) is 15.9 Å². The number of likely N-dealkylation sites (N-methyl/N-ethyl adjacent to an activating group) is 1. The average molecular weight is 466 g/mol. The SMILES string of the molecule is CN1[CH]C(Br)=C(C(F)(F)F)N1c1cnc(C(F)(F)C(F)(F)F)nc1C1CC1. The Kier molecular flexibility index (Phi) is 4.69. The Morgan fingerprint density at radius 2 is 1.67 bits per heavy atom. The Morgan fingerprint density at radius 1 is 1.07 bits per heavy atom. The molecule has 3 rings (SSSR count). The van der Waals surface area contributed by atoms with Gasteiger partial charge in [0, 0.05) is 17.4 Å². The number of hydrogen-bond acceptors (Lipinski definition) is 4. The predicted molar refractivity (Wildman–Crippen MR) is 80.5 cm³/mol. The van der Waals surface area contributed by atoms with Crippen molar-refractivity contribution in [1.82, 2.24) is 15.0 Å². The third kappa shape index (κ3) is 3.50. The molecule has 1 radical (unpaired) electrons. The lowest BCUT2D eigenvalue weighted by Crippen LogP contribution is -2.39. The van der Waals surface area contributed by atoms with Crippen molar-refractivity contribution in [2.45, 2.75) is 37.0 Å². The number of halogens is 9. The van der Waals surface area contributed by atoms with Gasteiger partial charge in [0.1, 0.15) is 0 Å². The zero-order valence-electron chi connectivity index (χ0n) is 13.3. The molecule has 13 heteroatoms. The molecule has 0 aromatic carbocycles. The first kappa shape index (κ1) is 20.2. The van der Waals surface area contributed by atoms with Crippen LogP contribution in [-0.2, 0) is 5.92 Å². The van der Waals surface area contributed by atoms with E-state index in [2.05, 4.69) is 25.9 Å². The Labute approximate surface area is 156 Å². The average Bonchev–Trinajstić information content (AvgIpc) is 3.29. The van der Waals surface area contributed by atoms with Gasteiger partial charge in [-0.3, -0.25) is 5.01 Å². The van der Waals surface area contributed by atoms with Gasteiger partial charge in [0.25, 0.3) is 0 Å². The lowest BCUT2D eigenvalue weighted by atomic mass is 10.2. The van der Waals surface area contributed by atoms with Crippen molar-refractivity contribution >= 4 is 21.6 Å². The number of anilines is 1. The van der Waals surface area contributed by atoms with Crippen molar-refractivity contribution in [1.29, 1.82) is 0 Å². The zero-order chi connectivity index (χ0) is 20.4. The summed E-state index contributed by atoms with van der Waals surface area (Å²) in [5.41, 5.74) is -1.75. The molecule has 4 nitrogen and oxygen atoms in total. The first-order valence-electron chi connectivity index (χ1n) is 7.42. The molecule has 27 heavy (non-hydrogen) atoms. The van der Waals surface area contributed by atoms with Crippen molar-refractivity contribution in [3.63, 3.8) is 0 Å². The first-order chi connectivity index (χ1) is 12.2. The molecule has 2 heterocycles. The third-order valence-corrected chi connectivity index (χ3v) is 4.53. The van der Waals surface area contributed by atoms with Gasteiger partial charge >= 0.3 is 18.3 Å². The van der Waals surface area contributed by atoms with Gasteiger partial charge in [-0.05, 0) is 12.8 Å². The number of hydrazine groups is 1. The normalized spacial score (nSPS) is 20.0. The molecule has 1 aromatic heterocycles. The van der Waals surface area contributed by atoms with Crippen LogP contribution >= 0.6 is 15.9 Å². The third-order valence-electron chi connectivity index (χ3n) is 3.95. The van der Waals surface area contributed by atoms with Crippen LogP contribution < -0.4 is 5.01 Å².